The molecule has 2 aromatic carbocycles. The van der Waals surface area contributed by atoms with Gasteiger partial charge in [0.05, 0.1) is 5.69 Å². The highest BCUT2D eigenvalue weighted by Gasteiger charge is 2.16. The van der Waals surface area contributed by atoms with Crippen LogP contribution in [0.25, 0.3) is 11.3 Å². The average Bonchev–Trinajstić information content (AvgIpc) is 3.00. The Kier molecular flexibility index (Phi) is 5.65. The molecule has 0 saturated heterocycles. The molecule has 1 aromatic heterocycles. The molecule has 0 aliphatic heterocycles. The van der Waals surface area contributed by atoms with Gasteiger partial charge in [0.1, 0.15) is 17.1 Å². The maximum atomic E-state index is 12.1. The molecular formula is C20H18ClN3O4. The number of nitrogens with zero attached hydrogens (tertiary/aromatic N) is 2. The van der Waals surface area contributed by atoms with E-state index in [2.05, 4.69) is 10.4 Å². The summed E-state index contributed by atoms with van der Waals surface area (Å²) in [6, 6.07) is 13.4. The zero-order chi connectivity index (χ0) is 20.3. The number of amides is 1. The van der Waals surface area contributed by atoms with E-state index < -0.39 is 18.5 Å². The molecule has 28 heavy (non-hydrogen) atoms. The maximum Gasteiger partial charge on any atom is 0.342 e. The first-order valence-electron chi connectivity index (χ1n) is 8.40. The van der Waals surface area contributed by atoms with Crippen molar-refractivity contribution in [3.63, 3.8) is 0 Å². The first-order chi connectivity index (χ1) is 13.3. The number of halogens is 1. The van der Waals surface area contributed by atoms with Gasteiger partial charge in [0.25, 0.3) is 5.91 Å². The highest BCUT2D eigenvalue weighted by Crippen LogP contribution is 2.23. The molecule has 3 rings (SSSR count). The Balaban J connectivity index is 1.62. The van der Waals surface area contributed by atoms with Crippen LogP contribution in [-0.4, -0.2) is 33.4 Å². The number of esters is 1. The Morgan fingerprint density at radius 1 is 1.18 bits per heavy atom. The van der Waals surface area contributed by atoms with Crippen LogP contribution in [-0.2, 0) is 16.6 Å². The highest BCUT2D eigenvalue weighted by molar-refractivity contribution is 6.30. The van der Waals surface area contributed by atoms with Gasteiger partial charge in [-0.15, -0.1) is 0 Å². The van der Waals surface area contributed by atoms with Gasteiger partial charge in [-0.2, -0.15) is 5.10 Å². The zero-order valence-corrected chi connectivity index (χ0v) is 16.0. The van der Waals surface area contributed by atoms with E-state index in [1.165, 1.54) is 16.8 Å². The maximum absolute atomic E-state index is 12.1. The summed E-state index contributed by atoms with van der Waals surface area (Å²) in [6.07, 6.45) is 0. The van der Waals surface area contributed by atoms with E-state index >= 15 is 0 Å². The molecule has 0 atom stereocenters. The fraction of sp³-hybridized carbons (Fsp3) is 0.150. The molecule has 8 heteroatoms. The van der Waals surface area contributed by atoms with Crippen molar-refractivity contribution >= 4 is 29.3 Å². The number of hydrogen-bond acceptors (Lipinski definition) is 5. The molecule has 0 aliphatic rings. The number of phenolic OH excluding ortho intramolecular Hbond substituents is 1. The predicted octanol–water partition coefficient (Wildman–Crippen LogP) is 3.55. The summed E-state index contributed by atoms with van der Waals surface area (Å²) >= 11 is 5.89. The number of aromatic hydroxyl groups is 1. The van der Waals surface area contributed by atoms with Crippen molar-refractivity contribution in [1.29, 1.82) is 0 Å². The van der Waals surface area contributed by atoms with Gasteiger partial charge >= 0.3 is 5.97 Å². The molecule has 0 unspecified atom stereocenters. The van der Waals surface area contributed by atoms with Gasteiger partial charge in [-0.25, -0.2) is 4.79 Å². The predicted molar refractivity (Wildman–Crippen MR) is 105 cm³/mol. The molecular weight excluding hydrogens is 382 g/mol. The van der Waals surface area contributed by atoms with Crippen molar-refractivity contribution in [1.82, 2.24) is 9.78 Å². The van der Waals surface area contributed by atoms with Crippen molar-refractivity contribution in [2.24, 2.45) is 7.05 Å². The largest absolute Gasteiger partial charge is 0.507 e. The van der Waals surface area contributed by atoms with Crippen LogP contribution in [0.5, 0.6) is 5.75 Å². The summed E-state index contributed by atoms with van der Waals surface area (Å²) in [6.45, 7) is 1.29. The van der Waals surface area contributed by atoms with Crippen LogP contribution >= 0.6 is 11.6 Å². The normalized spacial score (nSPS) is 10.5. The lowest BCUT2D eigenvalue weighted by Crippen LogP contribution is -2.22. The van der Waals surface area contributed by atoms with Crippen LogP contribution in [0, 0.1) is 6.92 Å². The second kappa shape index (κ2) is 8.14. The van der Waals surface area contributed by atoms with Crippen LogP contribution in [0.4, 0.5) is 5.82 Å². The van der Waals surface area contributed by atoms with E-state index in [1.54, 1.807) is 38.2 Å². The summed E-state index contributed by atoms with van der Waals surface area (Å²) in [5, 5.41) is 17.4. The third kappa shape index (κ3) is 4.50. The number of aryl methyl sites for hydroxylation is 2. The van der Waals surface area contributed by atoms with Crippen LogP contribution in [0.2, 0.25) is 5.02 Å². The fourth-order valence-corrected chi connectivity index (χ4v) is 2.67. The van der Waals surface area contributed by atoms with Gasteiger partial charge in [-0.05, 0) is 36.8 Å². The lowest BCUT2D eigenvalue weighted by atomic mass is 10.1. The number of carbonyl (C=O) groups excluding carboxylic acids is 2. The summed E-state index contributed by atoms with van der Waals surface area (Å²) in [5.41, 5.74) is 2.32. The number of nitrogens with one attached hydrogen (secondary N) is 1. The van der Waals surface area contributed by atoms with E-state index in [9.17, 15) is 14.7 Å². The van der Waals surface area contributed by atoms with Crippen molar-refractivity contribution in [3.05, 3.63) is 64.7 Å². The van der Waals surface area contributed by atoms with Crippen LogP contribution in [0.15, 0.2) is 48.5 Å². The third-order valence-corrected chi connectivity index (χ3v) is 4.25. The Morgan fingerprint density at radius 3 is 2.57 bits per heavy atom. The molecule has 1 heterocycles. The SMILES string of the molecule is Cc1ccc(C(=O)OCC(=O)Nc2cc(-c3ccc(Cl)cc3)nn2C)c(O)c1. The number of rotatable bonds is 5. The smallest absolute Gasteiger partial charge is 0.342 e. The van der Waals surface area contributed by atoms with E-state index in [0.717, 1.165) is 11.1 Å². The standard InChI is InChI=1S/C20H18ClN3O4/c1-12-3-8-15(17(25)9-12)20(27)28-11-19(26)22-18-10-16(23-24(18)2)13-4-6-14(21)7-5-13/h3-10,25H,11H2,1-2H3,(H,22,26). The Bertz CT molecular complexity index is 1030. The Morgan fingerprint density at radius 2 is 1.89 bits per heavy atom. The molecule has 0 spiro atoms. The van der Waals surface area contributed by atoms with Gasteiger partial charge < -0.3 is 15.2 Å². The van der Waals surface area contributed by atoms with E-state index in [-0.39, 0.29) is 11.3 Å². The van der Waals surface area contributed by atoms with Crippen LogP contribution < -0.4 is 5.32 Å². The van der Waals surface area contributed by atoms with Crippen molar-refractivity contribution in [2.45, 2.75) is 6.92 Å². The number of anilines is 1. The summed E-state index contributed by atoms with van der Waals surface area (Å²) in [7, 11) is 1.69. The second-order valence-electron chi connectivity index (χ2n) is 6.19. The number of hydrogen-bond donors (Lipinski definition) is 2. The molecule has 0 bridgehead atoms. The van der Waals surface area contributed by atoms with Gasteiger partial charge in [0, 0.05) is 23.7 Å². The lowest BCUT2D eigenvalue weighted by Gasteiger charge is -2.08. The molecule has 0 fully saturated rings. The number of benzene rings is 2. The third-order valence-electron chi connectivity index (χ3n) is 3.99. The second-order valence-corrected chi connectivity index (χ2v) is 6.63. The first kappa shape index (κ1) is 19.4. The van der Waals surface area contributed by atoms with Crippen LogP contribution in [0.3, 0.4) is 0 Å². The fourth-order valence-electron chi connectivity index (χ4n) is 2.55. The first-order valence-corrected chi connectivity index (χ1v) is 8.78. The quantitative estimate of drug-likeness (QED) is 0.640. The molecule has 0 saturated carbocycles. The van der Waals surface area contributed by atoms with Gasteiger partial charge in [0.2, 0.25) is 0 Å². The Hall–Kier alpha value is -3.32. The monoisotopic (exact) mass is 399 g/mol. The molecule has 3 aromatic rings. The van der Waals surface area contributed by atoms with Gasteiger partial charge in [-0.3, -0.25) is 9.48 Å². The number of aromatic nitrogens is 2. The molecule has 1 amide bonds. The summed E-state index contributed by atoms with van der Waals surface area (Å²) in [5.74, 6) is -1.04. The minimum Gasteiger partial charge on any atom is -0.507 e. The topological polar surface area (TPSA) is 93.5 Å². The van der Waals surface area contributed by atoms with Crippen molar-refractivity contribution < 1.29 is 19.4 Å². The minimum atomic E-state index is -0.778. The average molecular weight is 400 g/mol. The number of ether oxygens (including phenoxy) is 1. The molecule has 2 N–H and O–H groups in total. The molecule has 0 radical (unpaired) electrons. The summed E-state index contributed by atoms with van der Waals surface area (Å²) < 4.78 is 6.48. The molecule has 144 valence electrons. The van der Waals surface area contributed by atoms with Gasteiger partial charge in [0.15, 0.2) is 6.61 Å². The van der Waals surface area contributed by atoms with E-state index in [1.807, 2.05) is 12.1 Å². The minimum absolute atomic E-state index is 0.00366. The van der Waals surface area contributed by atoms with Gasteiger partial charge in [-0.1, -0.05) is 29.8 Å². The molecule has 7 nitrogen and oxygen atoms in total. The van der Waals surface area contributed by atoms with Crippen molar-refractivity contribution in [3.8, 4) is 17.0 Å². The van der Waals surface area contributed by atoms with Crippen LogP contribution in [0.1, 0.15) is 15.9 Å². The number of phenols is 1. The lowest BCUT2D eigenvalue weighted by molar-refractivity contribution is -0.119. The zero-order valence-electron chi connectivity index (χ0n) is 15.3. The highest BCUT2D eigenvalue weighted by atomic mass is 35.5. The number of carbonyl (C=O) groups is 2. The summed E-state index contributed by atoms with van der Waals surface area (Å²) in [4.78, 5) is 24.1. The van der Waals surface area contributed by atoms with E-state index in [0.29, 0.717) is 16.5 Å². The Labute approximate surface area is 166 Å². The molecule has 0 aliphatic carbocycles. The van der Waals surface area contributed by atoms with E-state index in [4.69, 9.17) is 16.3 Å². The van der Waals surface area contributed by atoms with Crippen molar-refractivity contribution in [2.75, 3.05) is 11.9 Å².